The van der Waals surface area contributed by atoms with Gasteiger partial charge in [-0.25, -0.2) is 0 Å². The Morgan fingerprint density at radius 1 is 1.10 bits per heavy atom. The molecule has 0 atom stereocenters. The second kappa shape index (κ2) is 10.1. The van der Waals surface area contributed by atoms with E-state index < -0.39 is 0 Å². The molecule has 0 bridgehead atoms. The maximum atomic E-state index is 11.4. The van der Waals surface area contributed by atoms with Gasteiger partial charge in [-0.05, 0) is 12.1 Å². The van der Waals surface area contributed by atoms with Crippen LogP contribution in [0.3, 0.4) is 0 Å². The van der Waals surface area contributed by atoms with Crippen LogP contribution in [-0.2, 0) is 19.0 Å². The molecule has 0 amide bonds. The number of methoxy groups -OCH3 is 1. The Labute approximate surface area is 118 Å². The zero-order chi connectivity index (χ0) is 14.6. The Morgan fingerprint density at radius 2 is 1.85 bits per heavy atom. The number of carbonyl (C=O) groups is 1. The van der Waals surface area contributed by atoms with Crippen LogP contribution in [0.25, 0.3) is 0 Å². The van der Waals surface area contributed by atoms with Gasteiger partial charge in [-0.1, -0.05) is 12.1 Å². The predicted octanol–water partition coefficient (Wildman–Crippen LogP) is 1.24. The molecule has 0 aromatic heterocycles. The first kappa shape index (κ1) is 16.3. The van der Waals surface area contributed by atoms with Crippen molar-refractivity contribution in [2.24, 2.45) is 0 Å². The Bertz CT molecular complexity index is 397. The van der Waals surface area contributed by atoms with Crippen LogP contribution in [-0.4, -0.2) is 46.1 Å². The number of anilines is 1. The molecular formula is C14H21NO5. The molecular weight excluding hydrogens is 262 g/mol. The lowest BCUT2D eigenvalue weighted by molar-refractivity contribution is -0.145. The smallest absolute Gasteiger partial charge is 0.309 e. The molecule has 0 fully saturated rings. The molecule has 0 heterocycles. The van der Waals surface area contributed by atoms with Crippen molar-refractivity contribution in [2.75, 3.05) is 45.9 Å². The molecule has 0 saturated heterocycles. The zero-order valence-corrected chi connectivity index (χ0v) is 11.7. The second-order valence-corrected chi connectivity index (χ2v) is 3.96. The summed E-state index contributed by atoms with van der Waals surface area (Å²) in [6.07, 6.45) is 0.173. The number of hydrogen-bond donors (Lipinski definition) is 1. The monoisotopic (exact) mass is 283 g/mol. The molecule has 20 heavy (non-hydrogen) atoms. The second-order valence-electron chi connectivity index (χ2n) is 3.96. The number of nitrogen functional groups attached to an aromatic ring is 1. The van der Waals surface area contributed by atoms with Crippen LogP contribution in [0.15, 0.2) is 24.3 Å². The fourth-order valence-electron chi connectivity index (χ4n) is 1.39. The summed E-state index contributed by atoms with van der Waals surface area (Å²) in [6, 6.07) is 7.14. The Morgan fingerprint density at radius 3 is 2.60 bits per heavy atom. The van der Waals surface area contributed by atoms with Gasteiger partial charge in [-0.2, -0.15) is 0 Å². The van der Waals surface area contributed by atoms with Gasteiger partial charge < -0.3 is 24.7 Å². The summed E-state index contributed by atoms with van der Waals surface area (Å²) in [7, 11) is 1.60. The van der Waals surface area contributed by atoms with E-state index in [4.69, 9.17) is 24.7 Å². The number of benzene rings is 1. The van der Waals surface area contributed by atoms with Gasteiger partial charge in [-0.3, -0.25) is 4.79 Å². The lowest BCUT2D eigenvalue weighted by Crippen LogP contribution is -2.14. The van der Waals surface area contributed by atoms with E-state index in [2.05, 4.69) is 0 Å². The highest BCUT2D eigenvalue weighted by atomic mass is 16.6. The van der Waals surface area contributed by atoms with Gasteiger partial charge in [0.25, 0.3) is 0 Å². The first-order chi connectivity index (χ1) is 9.74. The summed E-state index contributed by atoms with van der Waals surface area (Å²) in [5, 5.41) is 0. The first-order valence-electron chi connectivity index (χ1n) is 6.43. The van der Waals surface area contributed by atoms with Crippen LogP contribution in [0.1, 0.15) is 6.42 Å². The topological polar surface area (TPSA) is 80.0 Å². The molecule has 1 aromatic rings. The summed E-state index contributed by atoms with van der Waals surface area (Å²) in [4.78, 5) is 11.4. The Kier molecular flexibility index (Phi) is 8.17. The minimum Gasteiger partial charge on any atom is -0.491 e. The molecule has 0 aliphatic carbocycles. The average molecular weight is 283 g/mol. The van der Waals surface area contributed by atoms with Gasteiger partial charge in [0.15, 0.2) is 0 Å². The Balaban J connectivity index is 2.04. The molecule has 0 spiro atoms. The normalized spacial score (nSPS) is 10.2. The fourth-order valence-corrected chi connectivity index (χ4v) is 1.39. The van der Waals surface area contributed by atoms with Crippen LogP contribution in [0.4, 0.5) is 5.69 Å². The third-order valence-electron chi connectivity index (χ3n) is 2.41. The maximum Gasteiger partial charge on any atom is 0.309 e. The zero-order valence-electron chi connectivity index (χ0n) is 11.7. The highest BCUT2D eigenvalue weighted by molar-refractivity contribution is 5.69. The van der Waals surface area contributed by atoms with Crippen LogP contribution in [0.2, 0.25) is 0 Å². The third-order valence-corrected chi connectivity index (χ3v) is 2.41. The minimum absolute atomic E-state index is 0.173. The standard InChI is InChI=1S/C14H21NO5/c1-17-8-9-18-10-11-20-14(16)6-7-19-13-5-3-2-4-12(13)15/h2-5H,6-11,15H2,1H3. The molecule has 1 aromatic carbocycles. The van der Waals surface area contributed by atoms with E-state index in [0.717, 1.165) is 0 Å². The highest BCUT2D eigenvalue weighted by Crippen LogP contribution is 2.19. The maximum absolute atomic E-state index is 11.4. The van der Waals surface area contributed by atoms with Crippen LogP contribution in [0, 0.1) is 0 Å². The van der Waals surface area contributed by atoms with Crippen LogP contribution < -0.4 is 10.5 Å². The average Bonchev–Trinajstić information content (AvgIpc) is 2.45. The molecule has 1 rings (SSSR count). The minimum atomic E-state index is -0.324. The van der Waals surface area contributed by atoms with Crippen molar-refractivity contribution in [1.29, 1.82) is 0 Å². The lowest BCUT2D eigenvalue weighted by Gasteiger charge is -2.08. The van der Waals surface area contributed by atoms with Crippen molar-refractivity contribution in [3.05, 3.63) is 24.3 Å². The predicted molar refractivity (Wildman–Crippen MR) is 74.6 cm³/mol. The van der Waals surface area contributed by atoms with Crippen molar-refractivity contribution in [3.8, 4) is 5.75 Å². The quantitative estimate of drug-likeness (QED) is 0.395. The van der Waals surface area contributed by atoms with Crippen LogP contribution in [0.5, 0.6) is 5.75 Å². The van der Waals surface area contributed by atoms with Gasteiger partial charge in [0.1, 0.15) is 12.4 Å². The van der Waals surface area contributed by atoms with E-state index in [9.17, 15) is 4.79 Å². The molecule has 0 aliphatic rings. The molecule has 0 aliphatic heterocycles. The van der Waals surface area contributed by atoms with Crippen molar-refractivity contribution >= 4 is 11.7 Å². The number of hydrogen-bond acceptors (Lipinski definition) is 6. The number of esters is 1. The summed E-state index contributed by atoms with van der Waals surface area (Å²) in [6.45, 7) is 1.85. The molecule has 6 heteroatoms. The first-order valence-corrected chi connectivity index (χ1v) is 6.43. The number of ether oxygens (including phenoxy) is 4. The van der Waals surface area contributed by atoms with E-state index >= 15 is 0 Å². The fraction of sp³-hybridized carbons (Fsp3) is 0.500. The van der Waals surface area contributed by atoms with Crippen molar-refractivity contribution in [3.63, 3.8) is 0 Å². The summed E-state index contributed by atoms with van der Waals surface area (Å²) >= 11 is 0. The summed E-state index contributed by atoms with van der Waals surface area (Å²) in [5.74, 6) is 0.248. The number of nitrogens with two attached hydrogens (primary N) is 1. The molecule has 0 radical (unpaired) electrons. The lowest BCUT2D eigenvalue weighted by atomic mass is 10.3. The Hall–Kier alpha value is -1.79. The highest BCUT2D eigenvalue weighted by Gasteiger charge is 2.04. The van der Waals surface area contributed by atoms with Gasteiger partial charge in [0.2, 0.25) is 0 Å². The van der Waals surface area contributed by atoms with Crippen molar-refractivity contribution in [2.45, 2.75) is 6.42 Å². The molecule has 0 unspecified atom stereocenters. The van der Waals surface area contributed by atoms with Crippen LogP contribution >= 0.6 is 0 Å². The van der Waals surface area contributed by atoms with E-state index in [1.54, 1.807) is 19.2 Å². The van der Waals surface area contributed by atoms with Gasteiger partial charge in [0, 0.05) is 7.11 Å². The summed E-state index contributed by atoms with van der Waals surface area (Å²) in [5.41, 5.74) is 6.26. The van der Waals surface area contributed by atoms with Crippen molar-refractivity contribution < 1.29 is 23.7 Å². The van der Waals surface area contributed by atoms with E-state index in [-0.39, 0.29) is 25.6 Å². The van der Waals surface area contributed by atoms with Gasteiger partial charge in [0.05, 0.1) is 38.5 Å². The van der Waals surface area contributed by atoms with Gasteiger partial charge in [-0.15, -0.1) is 0 Å². The number of rotatable bonds is 10. The SMILES string of the molecule is COCCOCCOC(=O)CCOc1ccccc1N. The summed E-state index contributed by atoms with van der Waals surface area (Å²) < 4.78 is 20.3. The number of para-hydroxylation sites is 2. The number of carbonyl (C=O) groups excluding carboxylic acids is 1. The van der Waals surface area contributed by atoms with E-state index in [1.165, 1.54) is 0 Å². The van der Waals surface area contributed by atoms with Gasteiger partial charge >= 0.3 is 5.97 Å². The van der Waals surface area contributed by atoms with E-state index in [0.29, 0.717) is 31.3 Å². The molecule has 2 N–H and O–H groups in total. The third kappa shape index (κ3) is 6.96. The molecule has 6 nitrogen and oxygen atoms in total. The molecule has 0 saturated carbocycles. The van der Waals surface area contributed by atoms with Crippen molar-refractivity contribution in [1.82, 2.24) is 0 Å². The molecule has 112 valence electrons. The largest absolute Gasteiger partial charge is 0.491 e. The van der Waals surface area contributed by atoms with E-state index in [1.807, 2.05) is 12.1 Å².